The van der Waals surface area contributed by atoms with Crippen LogP contribution in [0, 0.1) is 23.4 Å². The Morgan fingerprint density at radius 3 is 2.22 bits per heavy atom. The highest BCUT2D eigenvalue weighted by molar-refractivity contribution is 5.23. The molecule has 0 aliphatic rings. The summed E-state index contributed by atoms with van der Waals surface area (Å²) in [6.07, 6.45) is 1.59. The molecule has 0 aromatic heterocycles. The Bertz CT molecular complexity index is 391. The van der Waals surface area contributed by atoms with Gasteiger partial charge in [-0.25, -0.2) is 13.2 Å². The van der Waals surface area contributed by atoms with E-state index in [2.05, 4.69) is 5.32 Å². The van der Waals surface area contributed by atoms with Gasteiger partial charge in [0, 0.05) is 17.7 Å². The molecule has 4 heteroatoms. The standard InChI is InChI=1S/C14H20F3N/c1-4-5-18-14(6-9(2)3)10-7-12(16)13(17)8-11(10)15/h7-9,14,18H,4-6H2,1-3H3. The minimum atomic E-state index is -1.14. The van der Waals surface area contributed by atoms with Gasteiger partial charge in [0.2, 0.25) is 0 Å². The molecule has 0 bridgehead atoms. The molecule has 1 unspecified atom stereocenters. The average molecular weight is 259 g/mol. The largest absolute Gasteiger partial charge is 0.310 e. The van der Waals surface area contributed by atoms with Gasteiger partial charge in [-0.1, -0.05) is 20.8 Å². The maximum Gasteiger partial charge on any atom is 0.161 e. The summed E-state index contributed by atoms with van der Waals surface area (Å²) in [6.45, 7) is 6.74. The van der Waals surface area contributed by atoms with Crippen LogP contribution in [0.4, 0.5) is 13.2 Å². The minimum Gasteiger partial charge on any atom is -0.310 e. The first-order valence-electron chi connectivity index (χ1n) is 6.33. The lowest BCUT2D eigenvalue weighted by atomic mass is 9.96. The van der Waals surface area contributed by atoms with Gasteiger partial charge in [0.1, 0.15) is 5.82 Å². The Morgan fingerprint density at radius 2 is 1.67 bits per heavy atom. The first-order valence-corrected chi connectivity index (χ1v) is 6.33. The van der Waals surface area contributed by atoms with E-state index in [9.17, 15) is 13.2 Å². The molecule has 0 radical (unpaired) electrons. The zero-order valence-electron chi connectivity index (χ0n) is 11.1. The molecule has 1 nitrogen and oxygen atoms in total. The van der Waals surface area contributed by atoms with Gasteiger partial charge in [-0.2, -0.15) is 0 Å². The molecule has 1 rings (SSSR count). The van der Waals surface area contributed by atoms with Crippen LogP contribution in [-0.4, -0.2) is 6.54 Å². The Kier molecular flexibility index (Phi) is 5.66. The molecule has 0 amide bonds. The van der Waals surface area contributed by atoms with Gasteiger partial charge in [-0.3, -0.25) is 0 Å². The quantitative estimate of drug-likeness (QED) is 0.755. The lowest BCUT2D eigenvalue weighted by Crippen LogP contribution is -2.24. The fourth-order valence-corrected chi connectivity index (χ4v) is 1.92. The molecule has 0 saturated heterocycles. The summed E-state index contributed by atoms with van der Waals surface area (Å²) < 4.78 is 39.8. The van der Waals surface area contributed by atoms with Crippen molar-refractivity contribution in [2.75, 3.05) is 6.54 Å². The van der Waals surface area contributed by atoms with Crippen molar-refractivity contribution in [2.24, 2.45) is 5.92 Å². The maximum absolute atomic E-state index is 13.7. The second kappa shape index (κ2) is 6.78. The zero-order chi connectivity index (χ0) is 13.7. The number of halogens is 3. The summed E-state index contributed by atoms with van der Waals surface area (Å²) in [5.74, 6) is -2.50. The molecular weight excluding hydrogens is 239 g/mol. The normalized spacial score (nSPS) is 13.1. The Hall–Kier alpha value is -1.03. The smallest absolute Gasteiger partial charge is 0.161 e. The Labute approximate surface area is 106 Å². The van der Waals surface area contributed by atoms with Gasteiger partial charge in [0.25, 0.3) is 0 Å². The summed E-state index contributed by atoms with van der Waals surface area (Å²) in [5, 5.41) is 3.18. The summed E-state index contributed by atoms with van der Waals surface area (Å²) in [6, 6.07) is 1.30. The molecule has 18 heavy (non-hydrogen) atoms. The van der Waals surface area contributed by atoms with Crippen LogP contribution in [0.15, 0.2) is 12.1 Å². The number of benzene rings is 1. The highest BCUT2D eigenvalue weighted by Crippen LogP contribution is 2.25. The van der Waals surface area contributed by atoms with Crippen LogP contribution in [0.25, 0.3) is 0 Å². The van der Waals surface area contributed by atoms with Crippen LogP contribution < -0.4 is 5.32 Å². The van der Waals surface area contributed by atoms with E-state index in [0.29, 0.717) is 18.4 Å². The molecule has 0 heterocycles. The predicted molar refractivity (Wildman–Crippen MR) is 66.8 cm³/mol. The number of rotatable bonds is 6. The third-order valence-corrected chi connectivity index (χ3v) is 2.76. The molecule has 1 atom stereocenters. The van der Waals surface area contributed by atoms with Crippen molar-refractivity contribution in [3.63, 3.8) is 0 Å². The molecule has 0 aliphatic carbocycles. The van der Waals surface area contributed by atoms with Crippen molar-refractivity contribution >= 4 is 0 Å². The molecule has 1 aromatic carbocycles. The summed E-state index contributed by atoms with van der Waals surface area (Å²) >= 11 is 0. The Morgan fingerprint density at radius 1 is 1.06 bits per heavy atom. The van der Waals surface area contributed by atoms with E-state index in [1.54, 1.807) is 0 Å². The van der Waals surface area contributed by atoms with Crippen molar-refractivity contribution in [3.8, 4) is 0 Å². The first kappa shape index (κ1) is 15.0. The number of hydrogen-bond donors (Lipinski definition) is 1. The maximum atomic E-state index is 13.7. The van der Waals surface area contributed by atoms with Crippen LogP contribution in [0.2, 0.25) is 0 Å². The molecule has 0 spiro atoms. The van der Waals surface area contributed by atoms with E-state index in [1.165, 1.54) is 0 Å². The topological polar surface area (TPSA) is 12.0 Å². The highest BCUT2D eigenvalue weighted by Gasteiger charge is 2.19. The van der Waals surface area contributed by atoms with E-state index in [0.717, 1.165) is 19.0 Å². The van der Waals surface area contributed by atoms with E-state index in [1.807, 2.05) is 20.8 Å². The first-order chi connectivity index (χ1) is 8.45. The van der Waals surface area contributed by atoms with E-state index in [4.69, 9.17) is 0 Å². The lowest BCUT2D eigenvalue weighted by Gasteiger charge is -2.21. The van der Waals surface area contributed by atoms with Crippen molar-refractivity contribution in [1.82, 2.24) is 5.32 Å². The van der Waals surface area contributed by atoms with Crippen molar-refractivity contribution in [2.45, 2.75) is 39.7 Å². The van der Waals surface area contributed by atoms with E-state index in [-0.39, 0.29) is 11.6 Å². The fraction of sp³-hybridized carbons (Fsp3) is 0.571. The second-order valence-electron chi connectivity index (χ2n) is 4.92. The van der Waals surface area contributed by atoms with E-state index >= 15 is 0 Å². The molecule has 0 saturated carbocycles. The Balaban J connectivity index is 2.99. The van der Waals surface area contributed by atoms with Crippen LogP contribution in [0.5, 0.6) is 0 Å². The van der Waals surface area contributed by atoms with Gasteiger partial charge >= 0.3 is 0 Å². The van der Waals surface area contributed by atoms with Crippen LogP contribution in [-0.2, 0) is 0 Å². The third kappa shape index (κ3) is 4.02. The highest BCUT2D eigenvalue weighted by atomic mass is 19.2. The molecule has 0 aliphatic heterocycles. The fourth-order valence-electron chi connectivity index (χ4n) is 1.92. The lowest BCUT2D eigenvalue weighted by molar-refractivity contribution is 0.408. The van der Waals surface area contributed by atoms with Crippen molar-refractivity contribution < 1.29 is 13.2 Å². The summed E-state index contributed by atoms with van der Waals surface area (Å²) in [4.78, 5) is 0. The van der Waals surface area contributed by atoms with Crippen molar-refractivity contribution in [3.05, 3.63) is 35.1 Å². The van der Waals surface area contributed by atoms with Crippen LogP contribution in [0.3, 0.4) is 0 Å². The minimum absolute atomic E-state index is 0.205. The molecule has 1 N–H and O–H groups in total. The monoisotopic (exact) mass is 259 g/mol. The summed E-state index contributed by atoms with van der Waals surface area (Å²) in [5.41, 5.74) is 0.205. The number of hydrogen-bond acceptors (Lipinski definition) is 1. The second-order valence-corrected chi connectivity index (χ2v) is 4.92. The number of nitrogens with one attached hydrogen (secondary N) is 1. The van der Waals surface area contributed by atoms with Gasteiger partial charge < -0.3 is 5.32 Å². The van der Waals surface area contributed by atoms with Gasteiger partial charge in [0.15, 0.2) is 11.6 Å². The van der Waals surface area contributed by atoms with Crippen LogP contribution >= 0.6 is 0 Å². The third-order valence-electron chi connectivity index (χ3n) is 2.76. The molecular formula is C14H20F3N. The van der Waals surface area contributed by atoms with Gasteiger partial charge in [0.05, 0.1) is 0 Å². The van der Waals surface area contributed by atoms with E-state index < -0.39 is 17.5 Å². The molecule has 102 valence electrons. The van der Waals surface area contributed by atoms with Crippen LogP contribution in [0.1, 0.15) is 45.2 Å². The summed E-state index contributed by atoms with van der Waals surface area (Å²) in [7, 11) is 0. The van der Waals surface area contributed by atoms with Crippen molar-refractivity contribution in [1.29, 1.82) is 0 Å². The predicted octanol–water partition coefficient (Wildman–Crippen LogP) is 4.19. The SMILES string of the molecule is CCCNC(CC(C)C)c1cc(F)c(F)cc1F. The molecule has 1 aromatic rings. The van der Waals surface area contributed by atoms with Gasteiger partial charge in [-0.05, 0) is 31.4 Å². The zero-order valence-corrected chi connectivity index (χ0v) is 11.1. The molecule has 0 fully saturated rings. The van der Waals surface area contributed by atoms with Gasteiger partial charge in [-0.15, -0.1) is 0 Å². The average Bonchev–Trinajstić information content (AvgIpc) is 2.29.